The number of aromatic amines is 1. The van der Waals surface area contributed by atoms with Gasteiger partial charge in [-0.3, -0.25) is 0 Å². The van der Waals surface area contributed by atoms with Gasteiger partial charge in [-0.25, -0.2) is 5.10 Å². The Morgan fingerprint density at radius 2 is 2.38 bits per heavy atom. The maximum Gasteiger partial charge on any atom is 0.216 e. The van der Waals surface area contributed by atoms with Crippen LogP contribution in [0.15, 0.2) is 5.16 Å². The molecule has 0 atom stereocenters. The maximum absolute atomic E-state index is 5.37. The number of nitrogen functional groups attached to an aromatic ring is 1. The molecule has 0 amide bonds. The van der Waals surface area contributed by atoms with E-state index in [1.807, 2.05) is 0 Å². The molecule has 0 aromatic carbocycles. The second-order valence-corrected chi connectivity index (χ2v) is 3.61. The second-order valence-electron chi connectivity index (χ2n) is 2.55. The lowest BCUT2D eigenvalue weighted by atomic mass is 10.4. The number of unbranched alkanes of at least 4 members (excludes halogenated alkanes) is 1. The topological polar surface area (TPSA) is 76.8 Å². The van der Waals surface area contributed by atoms with E-state index in [0.29, 0.717) is 5.95 Å². The highest BCUT2D eigenvalue weighted by Gasteiger charge is 1.99. The quantitative estimate of drug-likeness (QED) is 0.529. The monoisotopic (exact) mass is 202 g/mol. The van der Waals surface area contributed by atoms with Crippen molar-refractivity contribution < 1.29 is 4.74 Å². The molecule has 0 aliphatic rings. The number of ether oxygens (including phenoxy) is 1. The largest absolute Gasteiger partial charge is 0.385 e. The Bertz CT molecular complexity index is 240. The first-order chi connectivity index (χ1) is 6.33. The Hall–Kier alpha value is -0.750. The average Bonchev–Trinajstić information content (AvgIpc) is 2.51. The van der Waals surface area contributed by atoms with Gasteiger partial charge in [-0.2, -0.15) is 4.98 Å². The van der Waals surface area contributed by atoms with Crippen LogP contribution in [0.25, 0.3) is 0 Å². The van der Waals surface area contributed by atoms with E-state index in [-0.39, 0.29) is 0 Å². The van der Waals surface area contributed by atoms with Gasteiger partial charge in [0.25, 0.3) is 0 Å². The summed E-state index contributed by atoms with van der Waals surface area (Å²) in [6.07, 6.45) is 2.18. The standard InChI is InChI=1S/C7H14N4OS/c1-12-4-2-3-5-13-7-9-6(8)10-11-7/h2-5H2,1H3,(H3,8,9,10,11). The number of methoxy groups -OCH3 is 1. The van der Waals surface area contributed by atoms with Gasteiger partial charge in [0.15, 0.2) is 0 Å². The molecular formula is C7H14N4OS. The molecule has 0 aliphatic carbocycles. The van der Waals surface area contributed by atoms with Gasteiger partial charge in [-0.1, -0.05) is 11.8 Å². The second kappa shape index (κ2) is 5.82. The van der Waals surface area contributed by atoms with Crippen molar-refractivity contribution in [3.8, 4) is 0 Å². The summed E-state index contributed by atoms with van der Waals surface area (Å²) in [6.45, 7) is 0.816. The fraction of sp³-hybridized carbons (Fsp3) is 0.714. The van der Waals surface area contributed by atoms with E-state index in [0.717, 1.165) is 30.4 Å². The minimum absolute atomic E-state index is 0.374. The third-order valence-corrected chi connectivity index (χ3v) is 2.39. The highest BCUT2D eigenvalue weighted by atomic mass is 32.2. The number of hydrogen-bond acceptors (Lipinski definition) is 5. The number of aromatic nitrogens is 3. The molecule has 1 heterocycles. The molecule has 0 radical (unpaired) electrons. The number of nitrogens with zero attached hydrogens (tertiary/aromatic N) is 2. The van der Waals surface area contributed by atoms with Gasteiger partial charge in [0.05, 0.1) is 0 Å². The lowest BCUT2D eigenvalue weighted by molar-refractivity contribution is 0.194. The summed E-state index contributed by atoms with van der Waals surface area (Å²) in [6, 6.07) is 0. The molecule has 0 saturated carbocycles. The van der Waals surface area contributed by atoms with Crippen LogP contribution in [0.5, 0.6) is 0 Å². The van der Waals surface area contributed by atoms with Crippen LogP contribution in [0.3, 0.4) is 0 Å². The molecule has 74 valence electrons. The van der Waals surface area contributed by atoms with Crippen LogP contribution in [-0.2, 0) is 4.74 Å². The molecule has 1 aromatic rings. The molecule has 0 aliphatic heterocycles. The lowest BCUT2D eigenvalue weighted by Gasteiger charge is -1.96. The van der Waals surface area contributed by atoms with Crippen LogP contribution in [0, 0.1) is 0 Å². The average molecular weight is 202 g/mol. The van der Waals surface area contributed by atoms with Gasteiger partial charge >= 0.3 is 0 Å². The van der Waals surface area contributed by atoms with Crippen molar-refractivity contribution in [3.05, 3.63) is 0 Å². The third kappa shape index (κ3) is 4.14. The summed E-state index contributed by atoms with van der Waals surface area (Å²) in [5, 5.41) is 7.21. The predicted molar refractivity (Wildman–Crippen MR) is 52.6 cm³/mol. The van der Waals surface area contributed by atoms with Crippen LogP contribution >= 0.6 is 11.8 Å². The number of anilines is 1. The zero-order chi connectivity index (χ0) is 9.52. The third-order valence-electron chi connectivity index (χ3n) is 1.46. The highest BCUT2D eigenvalue weighted by Crippen LogP contribution is 2.14. The highest BCUT2D eigenvalue weighted by molar-refractivity contribution is 7.99. The summed E-state index contributed by atoms with van der Waals surface area (Å²) >= 11 is 1.60. The zero-order valence-corrected chi connectivity index (χ0v) is 8.43. The summed E-state index contributed by atoms with van der Waals surface area (Å²) in [5.74, 6) is 1.38. The Balaban J connectivity index is 2.06. The van der Waals surface area contributed by atoms with Gasteiger partial charge in [-0.05, 0) is 12.8 Å². The number of nitrogens with one attached hydrogen (secondary N) is 1. The van der Waals surface area contributed by atoms with Crippen molar-refractivity contribution in [1.29, 1.82) is 0 Å². The van der Waals surface area contributed by atoms with Crippen LogP contribution < -0.4 is 5.73 Å². The van der Waals surface area contributed by atoms with Crippen molar-refractivity contribution in [2.24, 2.45) is 0 Å². The van der Waals surface area contributed by atoms with Gasteiger partial charge < -0.3 is 10.5 Å². The predicted octanol–water partition coefficient (Wildman–Crippen LogP) is 0.906. The molecule has 0 unspecified atom stereocenters. The van der Waals surface area contributed by atoms with Crippen molar-refractivity contribution >= 4 is 17.7 Å². The molecule has 3 N–H and O–H groups in total. The smallest absolute Gasteiger partial charge is 0.216 e. The maximum atomic E-state index is 5.37. The first-order valence-corrected chi connectivity index (χ1v) is 5.11. The van der Waals surface area contributed by atoms with Gasteiger partial charge in [0.2, 0.25) is 11.1 Å². The lowest BCUT2D eigenvalue weighted by Crippen LogP contribution is -1.90. The fourth-order valence-corrected chi connectivity index (χ4v) is 1.64. The molecule has 0 bridgehead atoms. The van der Waals surface area contributed by atoms with Gasteiger partial charge in [0, 0.05) is 19.5 Å². The van der Waals surface area contributed by atoms with E-state index in [1.54, 1.807) is 18.9 Å². The molecule has 5 nitrogen and oxygen atoms in total. The van der Waals surface area contributed by atoms with E-state index in [4.69, 9.17) is 10.5 Å². The normalized spacial score (nSPS) is 10.5. The minimum Gasteiger partial charge on any atom is -0.385 e. The summed E-state index contributed by atoms with van der Waals surface area (Å²) in [5.41, 5.74) is 5.37. The van der Waals surface area contributed by atoms with E-state index in [9.17, 15) is 0 Å². The Morgan fingerprint density at radius 3 is 3.00 bits per heavy atom. The van der Waals surface area contributed by atoms with Crippen LogP contribution in [0.1, 0.15) is 12.8 Å². The number of nitrogens with two attached hydrogens (primary N) is 1. The van der Waals surface area contributed by atoms with E-state index in [1.165, 1.54) is 0 Å². The van der Waals surface area contributed by atoms with Crippen molar-refractivity contribution in [1.82, 2.24) is 15.2 Å². The number of H-pyrrole nitrogens is 1. The fourth-order valence-electron chi connectivity index (χ4n) is 0.835. The molecule has 13 heavy (non-hydrogen) atoms. The number of hydrogen-bond donors (Lipinski definition) is 2. The van der Waals surface area contributed by atoms with Crippen LogP contribution in [0.4, 0.5) is 5.95 Å². The molecule has 6 heteroatoms. The van der Waals surface area contributed by atoms with E-state index in [2.05, 4.69) is 15.2 Å². The number of rotatable bonds is 6. The zero-order valence-electron chi connectivity index (χ0n) is 7.62. The number of thioether (sulfide) groups is 1. The Morgan fingerprint density at radius 1 is 1.54 bits per heavy atom. The summed E-state index contributed by atoms with van der Waals surface area (Å²) in [4.78, 5) is 3.97. The minimum atomic E-state index is 0.374. The summed E-state index contributed by atoms with van der Waals surface area (Å²) < 4.78 is 4.93. The first-order valence-electron chi connectivity index (χ1n) is 4.12. The molecule has 0 fully saturated rings. The molecular weight excluding hydrogens is 188 g/mol. The van der Waals surface area contributed by atoms with E-state index < -0.39 is 0 Å². The first kappa shape index (κ1) is 10.3. The SMILES string of the molecule is COCCCCSc1n[nH]c(N)n1. The molecule has 1 rings (SSSR count). The molecule has 0 spiro atoms. The van der Waals surface area contributed by atoms with Crippen LogP contribution in [0.2, 0.25) is 0 Å². The summed E-state index contributed by atoms with van der Waals surface area (Å²) in [7, 11) is 1.71. The molecule has 0 saturated heterocycles. The Labute approximate surface area is 81.4 Å². The van der Waals surface area contributed by atoms with Crippen molar-refractivity contribution in [2.75, 3.05) is 25.2 Å². The van der Waals surface area contributed by atoms with Crippen molar-refractivity contribution in [3.63, 3.8) is 0 Å². The van der Waals surface area contributed by atoms with E-state index >= 15 is 0 Å². The van der Waals surface area contributed by atoms with Crippen molar-refractivity contribution in [2.45, 2.75) is 18.0 Å². The Kier molecular flexibility index (Phi) is 4.63. The molecule has 1 aromatic heterocycles. The van der Waals surface area contributed by atoms with Gasteiger partial charge in [-0.15, -0.1) is 5.10 Å². The van der Waals surface area contributed by atoms with Crippen LogP contribution in [-0.4, -0.2) is 34.7 Å². The van der Waals surface area contributed by atoms with Gasteiger partial charge in [0.1, 0.15) is 0 Å².